The Labute approximate surface area is 117 Å². The van der Waals surface area contributed by atoms with Gasteiger partial charge in [-0.05, 0) is 54.8 Å². The molecule has 0 spiro atoms. The van der Waals surface area contributed by atoms with Gasteiger partial charge >= 0.3 is 0 Å². The van der Waals surface area contributed by atoms with Crippen LogP contribution in [0.3, 0.4) is 0 Å². The van der Waals surface area contributed by atoms with E-state index in [4.69, 9.17) is 9.47 Å². The molecule has 3 saturated carbocycles. The van der Waals surface area contributed by atoms with Gasteiger partial charge < -0.3 is 9.47 Å². The van der Waals surface area contributed by atoms with Crippen molar-refractivity contribution >= 4 is 0 Å². The van der Waals surface area contributed by atoms with Crippen LogP contribution in [0.5, 0.6) is 0 Å². The topological polar surface area (TPSA) is 18.5 Å². The molecule has 4 aliphatic rings. The van der Waals surface area contributed by atoms with Crippen LogP contribution < -0.4 is 0 Å². The van der Waals surface area contributed by atoms with Crippen LogP contribution in [0.25, 0.3) is 0 Å². The second kappa shape index (κ2) is 4.73. The lowest BCUT2D eigenvalue weighted by Crippen LogP contribution is -2.36. The number of fused-ring (bicyclic) bond motifs is 5. The fourth-order valence-corrected chi connectivity index (χ4v) is 6.38. The Balaban J connectivity index is 1.56. The molecule has 2 heteroatoms. The van der Waals surface area contributed by atoms with Crippen molar-refractivity contribution in [2.45, 2.75) is 52.2 Å². The van der Waals surface area contributed by atoms with E-state index in [2.05, 4.69) is 13.8 Å². The van der Waals surface area contributed by atoms with Crippen LogP contribution in [0.4, 0.5) is 0 Å². The maximum Gasteiger partial charge on any atom is 0.160 e. The molecule has 7 unspecified atom stereocenters. The summed E-state index contributed by atoms with van der Waals surface area (Å²) in [6.45, 7) is 6.46. The summed E-state index contributed by atoms with van der Waals surface area (Å²) in [5.41, 5.74) is 0. The molecule has 2 bridgehead atoms. The Morgan fingerprint density at radius 3 is 2.11 bits per heavy atom. The maximum absolute atomic E-state index is 5.84. The van der Waals surface area contributed by atoms with Crippen molar-refractivity contribution in [1.29, 1.82) is 0 Å². The fraction of sp³-hybridized carbons (Fsp3) is 1.00. The lowest BCUT2D eigenvalue weighted by molar-refractivity contribution is -0.110. The van der Waals surface area contributed by atoms with Gasteiger partial charge in [-0.15, -0.1) is 0 Å². The van der Waals surface area contributed by atoms with Crippen molar-refractivity contribution in [3.63, 3.8) is 0 Å². The van der Waals surface area contributed by atoms with E-state index >= 15 is 0 Å². The lowest BCUT2D eigenvalue weighted by atomic mass is 9.70. The monoisotopic (exact) mass is 264 g/mol. The molecule has 1 aliphatic heterocycles. The molecular formula is C17H28O2. The van der Waals surface area contributed by atoms with Gasteiger partial charge in [-0.2, -0.15) is 0 Å². The molecule has 0 aromatic heterocycles. The standard InChI is InChI=1S/C17H28O2/c1-3-10-7-11(4-2)16-13-8-12(15(10)16)9-14(13)17-18-5-6-19-17/h10-17H,3-9H2,1-2H3. The summed E-state index contributed by atoms with van der Waals surface area (Å²) >= 11 is 0. The summed E-state index contributed by atoms with van der Waals surface area (Å²) in [6.07, 6.45) is 7.32. The van der Waals surface area contributed by atoms with Gasteiger partial charge in [0.15, 0.2) is 6.29 Å². The molecule has 0 aromatic carbocycles. The molecule has 0 N–H and O–H groups in total. The Hall–Kier alpha value is -0.0800. The van der Waals surface area contributed by atoms with Gasteiger partial charge in [0, 0.05) is 5.92 Å². The summed E-state index contributed by atoms with van der Waals surface area (Å²) in [6, 6.07) is 0. The first kappa shape index (κ1) is 12.6. The third kappa shape index (κ3) is 1.75. The number of hydrogen-bond donors (Lipinski definition) is 0. The van der Waals surface area contributed by atoms with Crippen LogP contribution in [0.1, 0.15) is 46.0 Å². The number of rotatable bonds is 3. The number of ether oxygens (including phenoxy) is 2. The molecular weight excluding hydrogens is 236 g/mol. The molecule has 0 amide bonds. The van der Waals surface area contributed by atoms with E-state index < -0.39 is 0 Å². The Morgan fingerprint density at radius 2 is 1.42 bits per heavy atom. The molecule has 4 rings (SSSR count). The van der Waals surface area contributed by atoms with Crippen molar-refractivity contribution in [1.82, 2.24) is 0 Å². The zero-order valence-electron chi connectivity index (χ0n) is 12.4. The van der Waals surface area contributed by atoms with Gasteiger partial charge in [-0.25, -0.2) is 0 Å². The summed E-state index contributed by atoms with van der Waals surface area (Å²) in [4.78, 5) is 0. The maximum atomic E-state index is 5.84. The smallest absolute Gasteiger partial charge is 0.160 e. The van der Waals surface area contributed by atoms with Crippen molar-refractivity contribution in [2.75, 3.05) is 13.2 Å². The Kier molecular flexibility index (Phi) is 3.15. The van der Waals surface area contributed by atoms with E-state index in [9.17, 15) is 0 Å². The van der Waals surface area contributed by atoms with E-state index in [1.807, 2.05) is 0 Å². The first-order valence-corrected chi connectivity index (χ1v) is 8.56. The molecule has 108 valence electrons. The third-order valence-corrected chi connectivity index (χ3v) is 6.92. The summed E-state index contributed by atoms with van der Waals surface area (Å²) in [7, 11) is 0. The van der Waals surface area contributed by atoms with Gasteiger partial charge in [0.05, 0.1) is 13.2 Å². The molecule has 2 nitrogen and oxygen atoms in total. The predicted molar refractivity (Wildman–Crippen MR) is 74.6 cm³/mol. The first-order valence-electron chi connectivity index (χ1n) is 8.56. The highest BCUT2D eigenvalue weighted by Gasteiger charge is 2.61. The van der Waals surface area contributed by atoms with Crippen molar-refractivity contribution in [3.05, 3.63) is 0 Å². The highest BCUT2D eigenvalue weighted by atomic mass is 16.7. The van der Waals surface area contributed by atoms with Crippen LogP contribution in [-0.2, 0) is 9.47 Å². The van der Waals surface area contributed by atoms with Gasteiger partial charge in [-0.1, -0.05) is 26.7 Å². The summed E-state index contributed by atoms with van der Waals surface area (Å²) < 4.78 is 11.7. The lowest BCUT2D eigenvalue weighted by Gasteiger charge is -2.37. The molecule has 7 atom stereocenters. The highest BCUT2D eigenvalue weighted by molar-refractivity contribution is 5.08. The fourth-order valence-electron chi connectivity index (χ4n) is 6.38. The zero-order valence-corrected chi connectivity index (χ0v) is 12.4. The van der Waals surface area contributed by atoms with Crippen LogP contribution in [-0.4, -0.2) is 19.5 Å². The van der Waals surface area contributed by atoms with E-state index in [1.165, 1.54) is 32.1 Å². The van der Waals surface area contributed by atoms with Crippen LogP contribution in [0.15, 0.2) is 0 Å². The number of hydrogen-bond acceptors (Lipinski definition) is 2. The van der Waals surface area contributed by atoms with Gasteiger partial charge in [-0.3, -0.25) is 0 Å². The highest BCUT2D eigenvalue weighted by Crippen LogP contribution is 2.66. The molecule has 1 saturated heterocycles. The quantitative estimate of drug-likeness (QED) is 0.773. The van der Waals surface area contributed by atoms with E-state index in [1.54, 1.807) is 0 Å². The van der Waals surface area contributed by atoms with Gasteiger partial charge in [0.2, 0.25) is 0 Å². The average Bonchev–Trinajstić information content (AvgIpc) is 3.18. The van der Waals surface area contributed by atoms with E-state index in [-0.39, 0.29) is 6.29 Å². The van der Waals surface area contributed by atoms with Crippen molar-refractivity contribution in [3.8, 4) is 0 Å². The first-order chi connectivity index (χ1) is 9.33. The van der Waals surface area contributed by atoms with Crippen LogP contribution in [0, 0.1) is 41.4 Å². The molecule has 4 fully saturated rings. The van der Waals surface area contributed by atoms with Crippen molar-refractivity contribution < 1.29 is 9.47 Å². The minimum Gasteiger partial charge on any atom is -0.350 e. The van der Waals surface area contributed by atoms with Crippen molar-refractivity contribution in [2.24, 2.45) is 41.4 Å². The largest absolute Gasteiger partial charge is 0.350 e. The van der Waals surface area contributed by atoms with Gasteiger partial charge in [0.1, 0.15) is 0 Å². The summed E-state index contributed by atoms with van der Waals surface area (Å²) in [5.74, 6) is 6.71. The molecule has 3 aliphatic carbocycles. The second-order valence-corrected chi connectivity index (χ2v) is 7.40. The molecule has 19 heavy (non-hydrogen) atoms. The van der Waals surface area contributed by atoms with E-state index in [0.29, 0.717) is 0 Å². The van der Waals surface area contributed by atoms with Gasteiger partial charge in [0.25, 0.3) is 0 Å². The minimum atomic E-state index is 0.147. The Bertz CT molecular complexity index is 336. The third-order valence-electron chi connectivity index (χ3n) is 6.92. The van der Waals surface area contributed by atoms with Crippen LogP contribution in [0.2, 0.25) is 0 Å². The van der Waals surface area contributed by atoms with Crippen LogP contribution >= 0.6 is 0 Å². The SMILES string of the molecule is CCC1CC(CC)C2C3CC(CC3C3OCCO3)C12. The molecule has 0 radical (unpaired) electrons. The van der Waals surface area contributed by atoms with E-state index in [0.717, 1.165) is 54.6 Å². The normalized spacial score (nSPS) is 53.1. The summed E-state index contributed by atoms with van der Waals surface area (Å²) in [5, 5.41) is 0. The molecule has 1 heterocycles. The average molecular weight is 264 g/mol. The minimum absolute atomic E-state index is 0.147. The molecule has 0 aromatic rings. The zero-order chi connectivity index (χ0) is 13.0. The second-order valence-electron chi connectivity index (χ2n) is 7.40. The Morgan fingerprint density at radius 1 is 0.789 bits per heavy atom. The predicted octanol–water partition coefficient (Wildman–Crippen LogP) is 3.70.